The average Bonchev–Trinajstić information content (AvgIpc) is 2.88. The van der Waals surface area contributed by atoms with E-state index in [-0.39, 0.29) is 27.1 Å². The number of carbonyl (C=O) groups is 1. The topological polar surface area (TPSA) is 148 Å². The number of methoxy groups -OCH3 is 1. The summed E-state index contributed by atoms with van der Waals surface area (Å²) in [5, 5.41) is 2.67. The average molecular weight is 548 g/mol. The van der Waals surface area contributed by atoms with Gasteiger partial charge >= 0.3 is 0 Å². The van der Waals surface area contributed by atoms with Crippen LogP contribution < -0.4 is 14.8 Å². The summed E-state index contributed by atoms with van der Waals surface area (Å²) in [5.74, 6) is -0.220. The second kappa shape index (κ2) is 12.1. The molecule has 3 aromatic rings. The third-order valence-electron chi connectivity index (χ3n) is 5.21. The van der Waals surface area contributed by atoms with E-state index in [4.69, 9.17) is 4.74 Å². The van der Waals surface area contributed by atoms with Crippen LogP contribution in [0, 0.1) is 0 Å². The fourth-order valence-corrected chi connectivity index (χ4v) is 6.03. The van der Waals surface area contributed by atoms with Gasteiger partial charge in [-0.25, -0.2) is 26.8 Å². The Labute approximate surface area is 217 Å². The van der Waals surface area contributed by atoms with Crippen molar-refractivity contribution < 1.29 is 26.4 Å². The van der Waals surface area contributed by atoms with E-state index in [0.717, 1.165) is 0 Å². The monoisotopic (exact) mass is 547 g/mol. The molecule has 1 aromatic heterocycles. The third-order valence-corrected chi connectivity index (χ3v) is 8.50. The van der Waals surface area contributed by atoms with E-state index in [2.05, 4.69) is 20.0 Å². The van der Waals surface area contributed by atoms with E-state index in [1.165, 1.54) is 72.3 Å². The first-order valence-electron chi connectivity index (χ1n) is 11.5. The minimum atomic E-state index is -3.94. The number of aromatic nitrogens is 2. The molecule has 37 heavy (non-hydrogen) atoms. The molecule has 3 rings (SSSR count). The maximum Gasteiger partial charge on any atom is 0.263 e. The Bertz CT molecular complexity index is 1420. The number of hydrogen-bond donors (Lipinski definition) is 2. The van der Waals surface area contributed by atoms with Gasteiger partial charge in [-0.2, -0.15) is 4.31 Å². The van der Waals surface area contributed by atoms with Crippen molar-refractivity contribution in [2.45, 2.75) is 36.5 Å². The third kappa shape index (κ3) is 7.02. The molecule has 11 nitrogen and oxygen atoms in total. The number of amides is 1. The molecule has 0 aliphatic carbocycles. The summed E-state index contributed by atoms with van der Waals surface area (Å²) >= 11 is 0. The van der Waals surface area contributed by atoms with Gasteiger partial charge in [-0.05, 0) is 61.4 Å². The Morgan fingerprint density at radius 3 is 2.05 bits per heavy atom. The first-order chi connectivity index (χ1) is 17.6. The molecule has 198 valence electrons. The summed E-state index contributed by atoms with van der Waals surface area (Å²) < 4.78 is 59.8. The molecule has 0 spiro atoms. The van der Waals surface area contributed by atoms with Crippen molar-refractivity contribution in [3.63, 3.8) is 0 Å². The van der Waals surface area contributed by atoms with Crippen molar-refractivity contribution in [3.8, 4) is 5.88 Å². The van der Waals surface area contributed by atoms with Gasteiger partial charge in [0, 0.05) is 30.4 Å². The van der Waals surface area contributed by atoms with Crippen LogP contribution in [0.15, 0.2) is 70.7 Å². The number of hydrogen-bond acceptors (Lipinski definition) is 8. The van der Waals surface area contributed by atoms with Crippen LogP contribution in [0.3, 0.4) is 0 Å². The first kappa shape index (κ1) is 28.0. The maximum atomic E-state index is 12.9. The van der Waals surface area contributed by atoms with E-state index in [1.54, 1.807) is 0 Å². The fraction of sp³-hybridized carbons (Fsp3) is 0.292. The van der Waals surface area contributed by atoms with Crippen molar-refractivity contribution in [2.24, 2.45) is 0 Å². The zero-order valence-electron chi connectivity index (χ0n) is 20.7. The lowest BCUT2D eigenvalue weighted by Gasteiger charge is -2.21. The normalized spacial score (nSPS) is 11.8. The molecule has 0 fully saturated rings. The molecule has 2 aromatic carbocycles. The lowest BCUT2D eigenvalue weighted by atomic mass is 10.2. The smallest absolute Gasteiger partial charge is 0.263 e. The van der Waals surface area contributed by atoms with Gasteiger partial charge in [0.2, 0.25) is 15.9 Å². The van der Waals surface area contributed by atoms with Gasteiger partial charge in [0.05, 0.1) is 16.9 Å². The van der Waals surface area contributed by atoms with Crippen LogP contribution in [0.1, 0.15) is 37.0 Å². The predicted molar refractivity (Wildman–Crippen MR) is 140 cm³/mol. The molecule has 1 amide bonds. The molecule has 0 bridgehead atoms. The Morgan fingerprint density at radius 1 is 0.892 bits per heavy atom. The van der Waals surface area contributed by atoms with Crippen LogP contribution in [0.25, 0.3) is 0 Å². The summed E-state index contributed by atoms with van der Waals surface area (Å²) in [4.78, 5) is 20.4. The van der Waals surface area contributed by atoms with Gasteiger partial charge in [-0.1, -0.05) is 13.8 Å². The van der Waals surface area contributed by atoms with Crippen LogP contribution in [0.5, 0.6) is 5.88 Å². The summed E-state index contributed by atoms with van der Waals surface area (Å²) in [6.45, 7) is 4.68. The van der Waals surface area contributed by atoms with Crippen molar-refractivity contribution in [1.29, 1.82) is 0 Å². The molecule has 1 heterocycles. The molecule has 0 aliphatic heterocycles. The molecule has 2 N–H and O–H groups in total. The number of ether oxygens (including phenoxy) is 1. The summed E-state index contributed by atoms with van der Waals surface area (Å²) in [6.07, 6.45) is 2.57. The summed E-state index contributed by atoms with van der Waals surface area (Å²) in [6, 6.07) is 12.6. The highest BCUT2D eigenvalue weighted by molar-refractivity contribution is 7.92. The number of rotatable bonds is 12. The van der Waals surface area contributed by atoms with E-state index in [9.17, 15) is 21.6 Å². The van der Waals surface area contributed by atoms with E-state index in [0.29, 0.717) is 31.6 Å². The SMILES string of the molecule is CCCN(CCC)S(=O)(=O)c1ccc(C(=O)Nc2ccc(S(=O)(=O)Nc3cc(OC)ncn3)cc2)cc1. The quantitative estimate of drug-likeness (QED) is 0.351. The van der Waals surface area contributed by atoms with E-state index >= 15 is 0 Å². The molecule has 0 unspecified atom stereocenters. The highest BCUT2D eigenvalue weighted by atomic mass is 32.2. The van der Waals surface area contributed by atoms with Gasteiger partial charge in [0.15, 0.2) is 0 Å². The molecule has 0 aliphatic rings. The molecule has 0 saturated carbocycles. The molecule has 0 radical (unpaired) electrons. The molecule has 0 saturated heterocycles. The second-order valence-electron chi connectivity index (χ2n) is 7.96. The molecule has 0 atom stereocenters. The summed E-state index contributed by atoms with van der Waals surface area (Å²) in [7, 11) is -6.19. The number of nitrogens with zero attached hydrogens (tertiary/aromatic N) is 3. The lowest BCUT2D eigenvalue weighted by Crippen LogP contribution is -2.32. The standard InChI is InChI=1S/C24H29N5O6S2/c1-4-14-29(15-5-2)37(33,34)21-10-6-18(7-11-21)24(30)27-19-8-12-20(13-9-19)36(31,32)28-22-16-23(35-3)26-17-25-22/h6-13,16-17H,4-5,14-15H2,1-3H3,(H,27,30)(H,25,26,28). The van der Waals surface area contributed by atoms with Gasteiger partial charge in [-0.3, -0.25) is 9.52 Å². The van der Waals surface area contributed by atoms with Crippen LogP contribution in [0.2, 0.25) is 0 Å². The number of benzene rings is 2. The fourth-order valence-electron chi connectivity index (χ4n) is 3.40. The van der Waals surface area contributed by atoms with Crippen molar-refractivity contribution in [3.05, 3.63) is 66.5 Å². The number of anilines is 2. The Kier molecular flexibility index (Phi) is 9.18. The zero-order valence-corrected chi connectivity index (χ0v) is 22.3. The van der Waals surface area contributed by atoms with E-state index in [1.807, 2.05) is 13.8 Å². The predicted octanol–water partition coefficient (Wildman–Crippen LogP) is 3.35. The van der Waals surface area contributed by atoms with Gasteiger partial charge in [0.25, 0.3) is 15.9 Å². The highest BCUT2D eigenvalue weighted by Gasteiger charge is 2.23. The van der Waals surface area contributed by atoms with Crippen LogP contribution in [0.4, 0.5) is 11.5 Å². The van der Waals surface area contributed by atoms with E-state index < -0.39 is 26.0 Å². The van der Waals surface area contributed by atoms with Crippen LogP contribution in [-0.2, 0) is 20.0 Å². The van der Waals surface area contributed by atoms with Crippen molar-refractivity contribution in [2.75, 3.05) is 30.2 Å². The van der Waals surface area contributed by atoms with Crippen LogP contribution >= 0.6 is 0 Å². The van der Waals surface area contributed by atoms with Crippen LogP contribution in [-0.4, -0.2) is 57.2 Å². The minimum Gasteiger partial charge on any atom is -0.481 e. The Balaban J connectivity index is 1.69. The largest absolute Gasteiger partial charge is 0.481 e. The molecular weight excluding hydrogens is 518 g/mol. The number of carbonyl (C=O) groups excluding carboxylic acids is 1. The number of sulfonamides is 2. The lowest BCUT2D eigenvalue weighted by molar-refractivity contribution is 0.102. The van der Waals surface area contributed by atoms with Gasteiger partial charge in [-0.15, -0.1) is 0 Å². The Morgan fingerprint density at radius 2 is 1.49 bits per heavy atom. The minimum absolute atomic E-state index is 0.0404. The van der Waals surface area contributed by atoms with Crippen molar-refractivity contribution >= 4 is 37.5 Å². The maximum absolute atomic E-state index is 12.9. The zero-order chi connectivity index (χ0) is 27.1. The molecular formula is C24H29N5O6S2. The van der Waals surface area contributed by atoms with Crippen molar-refractivity contribution in [1.82, 2.24) is 14.3 Å². The van der Waals surface area contributed by atoms with Gasteiger partial charge in [0.1, 0.15) is 12.1 Å². The Hall–Kier alpha value is -3.55. The van der Waals surface area contributed by atoms with Gasteiger partial charge < -0.3 is 10.1 Å². The molecule has 13 heteroatoms. The summed E-state index contributed by atoms with van der Waals surface area (Å²) in [5.41, 5.74) is 0.619. The number of nitrogens with one attached hydrogen (secondary N) is 2. The first-order valence-corrected chi connectivity index (χ1v) is 14.4. The second-order valence-corrected chi connectivity index (χ2v) is 11.6. The highest BCUT2D eigenvalue weighted by Crippen LogP contribution is 2.21.